The second kappa shape index (κ2) is 6.62. The van der Waals surface area contributed by atoms with Crippen molar-refractivity contribution in [1.29, 1.82) is 0 Å². The van der Waals surface area contributed by atoms with Crippen molar-refractivity contribution in [2.75, 3.05) is 13.7 Å². The third kappa shape index (κ3) is 3.51. The van der Waals surface area contributed by atoms with Gasteiger partial charge < -0.3 is 14.0 Å². The Balaban J connectivity index is 2.14. The van der Waals surface area contributed by atoms with Gasteiger partial charge in [0.1, 0.15) is 5.75 Å². The molecule has 0 radical (unpaired) electrons. The third-order valence-electron chi connectivity index (χ3n) is 3.13. The molecule has 1 aromatic carbocycles. The van der Waals surface area contributed by atoms with E-state index in [1.807, 2.05) is 6.07 Å². The molecule has 0 saturated carbocycles. The van der Waals surface area contributed by atoms with Crippen LogP contribution >= 0.6 is 0 Å². The fourth-order valence-electron chi connectivity index (χ4n) is 2.28. The number of aromatic nitrogens is 1. The van der Waals surface area contributed by atoms with Gasteiger partial charge in [-0.2, -0.15) is 0 Å². The molecule has 2 aromatic rings. The Morgan fingerprint density at radius 1 is 1.16 bits per heavy atom. The maximum atomic E-state index is 5.85. The number of benzene rings is 1. The van der Waals surface area contributed by atoms with Crippen LogP contribution in [0.25, 0.3) is 10.9 Å². The average molecular weight is 261 g/mol. The lowest BCUT2D eigenvalue weighted by atomic mass is 10.2. The number of fused-ring (bicyclic) bond motifs is 1. The normalized spacial score (nSPS) is 11.4. The highest BCUT2D eigenvalue weighted by Crippen LogP contribution is 2.27. The molecule has 0 unspecified atom stereocenters. The van der Waals surface area contributed by atoms with Crippen LogP contribution in [0.2, 0.25) is 0 Å². The summed E-state index contributed by atoms with van der Waals surface area (Å²) in [4.78, 5) is 0. The summed E-state index contributed by atoms with van der Waals surface area (Å²) < 4.78 is 13.2. The zero-order valence-corrected chi connectivity index (χ0v) is 12.1. The smallest absolute Gasteiger partial charge is 0.129 e. The Bertz CT molecular complexity index is 516. The average Bonchev–Trinajstić information content (AvgIpc) is 2.79. The first kappa shape index (κ1) is 13.9. The van der Waals surface area contributed by atoms with Gasteiger partial charge in [-0.3, -0.25) is 0 Å². The molecule has 2 rings (SSSR count). The molecule has 0 aliphatic heterocycles. The molecule has 0 N–H and O–H groups in total. The van der Waals surface area contributed by atoms with Crippen LogP contribution in [0.3, 0.4) is 0 Å². The van der Waals surface area contributed by atoms with E-state index in [9.17, 15) is 0 Å². The van der Waals surface area contributed by atoms with E-state index < -0.39 is 0 Å². The van der Waals surface area contributed by atoms with Gasteiger partial charge in [-0.05, 0) is 44.9 Å². The lowest BCUT2D eigenvalue weighted by Gasteiger charge is -2.11. The van der Waals surface area contributed by atoms with E-state index in [1.165, 1.54) is 10.9 Å². The van der Waals surface area contributed by atoms with E-state index in [2.05, 4.69) is 42.8 Å². The predicted molar refractivity (Wildman–Crippen MR) is 78.8 cm³/mol. The first-order chi connectivity index (χ1) is 9.22. The number of hydrogen-bond acceptors (Lipinski definition) is 2. The van der Waals surface area contributed by atoms with Crippen molar-refractivity contribution in [1.82, 2.24) is 4.57 Å². The summed E-state index contributed by atoms with van der Waals surface area (Å²) in [6.45, 7) is 5.97. The van der Waals surface area contributed by atoms with Crippen molar-refractivity contribution < 1.29 is 9.47 Å². The fourth-order valence-corrected chi connectivity index (χ4v) is 2.28. The van der Waals surface area contributed by atoms with E-state index in [1.54, 1.807) is 7.11 Å². The summed E-state index contributed by atoms with van der Waals surface area (Å²) in [6.07, 6.45) is 4.58. The van der Waals surface area contributed by atoms with Crippen LogP contribution in [0.15, 0.2) is 30.5 Å². The van der Waals surface area contributed by atoms with E-state index in [0.29, 0.717) is 0 Å². The third-order valence-corrected chi connectivity index (χ3v) is 3.13. The monoisotopic (exact) mass is 261 g/mol. The minimum Gasteiger partial charge on any atom is -0.490 e. The molecule has 0 amide bonds. The molecule has 104 valence electrons. The molecule has 1 aromatic heterocycles. The molecule has 0 aliphatic rings. The molecular weight excluding hydrogens is 238 g/mol. The Hall–Kier alpha value is -1.48. The second-order valence-corrected chi connectivity index (χ2v) is 5.06. The maximum Gasteiger partial charge on any atom is 0.129 e. The van der Waals surface area contributed by atoms with Crippen LogP contribution in [-0.2, 0) is 11.3 Å². The number of unbranched alkanes of at least 4 members (excludes halogenated alkanes) is 1. The zero-order valence-electron chi connectivity index (χ0n) is 12.1. The van der Waals surface area contributed by atoms with Crippen molar-refractivity contribution in [2.45, 2.75) is 39.3 Å². The van der Waals surface area contributed by atoms with E-state index in [-0.39, 0.29) is 6.10 Å². The highest BCUT2D eigenvalue weighted by atomic mass is 16.5. The SMILES string of the molecule is COCCCCn1ccc2c(OC(C)C)cccc21. The van der Waals surface area contributed by atoms with Gasteiger partial charge in [0.05, 0.1) is 11.6 Å². The van der Waals surface area contributed by atoms with Crippen LogP contribution in [0.5, 0.6) is 5.75 Å². The number of hydrogen-bond donors (Lipinski definition) is 0. The lowest BCUT2D eigenvalue weighted by Crippen LogP contribution is -2.05. The van der Waals surface area contributed by atoms with Gasteiger partial charge in [0.2, 0.25) is 0 Å². The number of nitrogens with zero attached hydrogens (tertiary/aromatic N) is 1. The van der Waals surface area contributed by atoms with Gasteiger partial charge in [0, 0.05) is 31.8 Å². The van der Waals surface area contributed by atoms with Gasteiger partial charge in [-0.25, -0.2) is 0 Å². The molecule has 0 bridgehead atoms. The Labute approximate surface area is 115 Å². The van der Waals surface area contributed by atoms with Crippen LogP contribution in [0.4, 0.5) is 0 Å². The maximum absolute atomic E-state index is 5.85. The van der Waals surface area contributed by atoms with Gasteiger partial charge in [-0.15, -0.1) is 0 Å². The quantitative estimate of drug-likeness (QED) is 0.707. The summed E-state index contributed by atoms with van der Waals surface area (Å²) in [5.41, 5.74) is 1.25. The number of ether oxygens (including phenoxy) is 2. The van der Waals surface area contributed by atoms with Crippen molar-refractivity contribution in [3.8, 4) is 5.75 Å². The summed E-state index contributed by atoms with van der Waals surface area (Å²) in [7, 11) is 1.75. The Morgan fingerprint density at radius 2 is 2.00 bits per heavy atom. The van der Waals surface area contributed by atoms with Crippen LogP contribution in [0.1, 0.15) is 26.7 Å². The van der Waals surface area contributed by atoms with Crippen molar-refractivity contribution in [3.63, 3.8) is 0 Å². The largest absolute Gasteiger partial charge is 0.490 e. The highest BCUT2D eigenvalue weighted by molar-refractivity contribution is 5.86. The standard InChI is InChI=1S/C16H23NO2/c1-13(2)19-16-8-6-7-15-14(16)9-11-17(15)10-4-5-12-18-3/h6-9,11,13H,4-5,10,12H2,1-3H3. The topological polar surface area (TPSA) is 23.4 Å². The molecule has 0 atom stereocenters. The van der Waals surface area contributed by atoms with Gasteiger partial charge >= 0.3 is 0 Å². The summed E-state index contributed by atoms with van der Waals surface area (Å²) in [6, 6.07) is 8.39. The number of aryl methyl sites for hydroxylation is 1. The number of rotatable bonds is 7. The first-order valence-corrected chi connectivity index (χ1v) is 6.96. The molecule has 0 spiro atoms. The summed E-state index contributed by atoms with van der Waals surface area (Å²) in [5, 5.41) is 1.20. The van der Waals surface area contributed by atoms with E-state index in [4.69, 9.17) is 9.47 Å². The van der Waals surface area contributed by atoms with Crippen molar-refractivity contribution >= 4 is 10.9 Å². The first-order valence-electron chi connectivity index (χ1n) is 6.96. The Morgan fingerprint density at radius 3 is 2.74 bits per heavy atom. The molecule has 19 heavy (non-hydrogen) atoms. The van der Waals surface area contributed by atoms with E-state index >= 15 is 0 Å². The summed E-state index contributed by atoms with van der Waals surface area (Å²) in [5.74, 6) is 0.975. The molecule has 1 heterocycles. The predicted octanol–water partition coefficient (Wildman–Crippen LogP) is 3.86. The fraction of sp³-hybridized carbons (Fsp3) is 0.500. The zero-order chi connectivity index (χ0) is 13.7. The molecule has 3 nitrogen and oxygen atoms in total. The minimum absolute atomic E-state index is 0.204. The lowest BCUT2D eigenvalue weighted by molar-refractivity contribution is 0.191. The highest BCUT2D eigenvalue weighted by Gasteiger charge is 2.07. The number of methoxy groups -OCH3 is 1. The van der Waals surface area contributed by atoms with Gasteiger partial charge in [0.25, 0.3) is 0 Å². The van der Waals surface area contributed by atoms with Crippen molar-refractivity contribution in [2.24, 2.45) is 0 Å². The minimum atomic E-state index is 0.204. The molecule has 0 aliphatic carbocycles. The van der Waals surface area contributed by atoms with Crippen LogP contribution in [0, 0.1) is 0 Å². The second-order valence-electron chi connectivity index (χ2n) is 5.06. The van der Waals surface area contributed by atoms with E-state index in [0.717, 1.165) is 31.7 Å². The molecule has 0 saturated heterocycles. The molecule has 3 heteroatoms. The summed E-state index contributed by atoms with van der Waals surface area (Å²) >= 11 is 0. The van der Waals surface area contributed by atoms with Crippen LogP contribution in [-0.4, -0.2) is 24.4 Å². The van der Waals surface area contributed by atoms with Gasteiger partial charge in [0.15, 0.2) is 0 Å². The van der Waals surface area contributed by atoms with Crippen molar-refractivity contribution in [3.05, 3.63) is 30.5 Å². The molecular formula is C16H23NO2. The van der Waals surface area contributed by atoms with Crippen LogP contribution < -0.4 is 4.74 Å². The Kier molecular flexibility index (Phi) is 4.86. The van der Waals surface area contributed by atoms with Gasteiger partial charge in [-0.1, -0.05) is 6.07 Å². The molecule has 0 fully saturated rings.